The molecule has 0 fully saturated rings. The number of hydrogen-bond acceptors (Lipinski definition) is 7. The molecular weight excluding hydrogens is 727 g/mol. The van der Waals surface area contributed by atoms with Crippen molar-refractivity contribution in [2.75, 3.05) is 0 Å². The maximum atomic E-state index is 13.8. The quantitative estimate of drug-likeness (QED) is 0.130. The summed E-state index contributed by atoms with van der Waals surface area (Å²) in [5.41, 5.74) is 8.70. The van der Waals surface area contributed by atoms with E-state index in [1.54, 1.807) is 0 Å². The van der Waals surface area contributed by atoms with E-state index in [1.807, 2.05) is 93.6 Å². The highest BCUT2D eigenvalue weighted by Gasteiger charge is 2.41. The molecule has 0 spiro atoms. The van der Waals surface area contributed by atoms with Gasteiger partial charge >= 0.3 is 12.1 Å². The third-order valence-corrected chi connectivity index (χ3v) is 10.3. The number of rotatable bonds is 11. The van der Waals surface area contributed by atoms with Crippen molar-refractivity contribution in [2.45, 2.75) is 78.5 Å². The smallest absolute Gasteiger partial charge is 0.411 e. The predicted octanol–water partition coefficient (Wildman–Crippen LogP) is 9.69. The van der Waals surface area contributed by atoms with Crippen molar-refractivity contribution in [3.8, 4) is 28.4 Å². The number of fused-ring (bicyclic) bond motifs is 2. The number of benzene rings is 5. The Balaban J connectivity index is 1.14. The second-order valence-electron chi connectivity index (χ2n) is 15.6. The summed E-state index contributed by atoms with van der Waals surface area (Å²) in [7, 11) is 0. The Morgan fingerprint density at radius 1 is 0.810 bits per heavy atom. The van der Waals surface area contributed by atoms with Gasteiger partial charge in [0.1, 0.15) is 36.3 Å². The average Bonchev–Trinajstić information content (AvgIpc) is 3.82. The number of ether oxygens (including phenoxy) is 3. The van der Waals surface area contributed by atoms with Gasteiger partial charge in [-0.15, -0.1) is 0 Å². The maximum Gasteiger partial charge on any atom is 0.411 e. The Morgan fingerprint density at radius 3 is 2.16 bits per heavy atom. The highest BCUT2D eigenvalue weighted by molar-refractivity contribution is 5.94. The van der Waals surface area contributed by atoms with Crippen molar-refractivity contribution in [2.24, 2.45) is 0 Å². The van der Waals surface area contributed by atoms with Gasteiger partial charge in [-0.25, -0.2) is 14.6 Å². The molecule has 58 heavy (non-hydrogen) atoms. The van der Waals surface area contributed by atoms with Gasteiger partial charge in [0.15, 0.2) is 5.82 Å². The minimum absolute atomic E-state index is 0.0893. The van der Waals surface area contributed by atoms with Gasteiger partial charge in [-0.05, 0) is 84.8 Å². The van der Waals surface area contributed by atoms with Crippen LogP contribution in [0.25, 0.3) is 33.5 Å². The highest BCUT2D eigenvalue weighted by Crippen LogP contribution is 2.36. The molecule has 0 saturated carbocycles. The van der Waals surface area contributed by atoms with E-state index >= 15 is 0 Å². The van der Waals surface area contributed by atoms with Crippen LogP contribution in [-0.2, 0) is 53.4 Å². The number of imidazole rings is 1. The van der Waals surface area contributed by atoms with Gasteiger partial charge in [-0.2, -0.15) is 5.10 Å². The summed E-state index contributed by atoms with van der Waals surface area (Å²) in [5, 5.41) is 9.04. The molecule has 1 aliphatic heterocycles. The molecule has 10 heteroatoms. The summed E-state index contributed by atoms with van der Waals surface area (Å²) in [6, 6.07) is 41.4. The van der Waals surface area contributed by atoms with Gasteiger partial charge in [0.05, 0.1) is 23.4 Å². The molecule has 1 N–H and O–H groups in total. The van der Waals surface area contributed by atoms with Gasteiger partial charge in [-0.3, -0.25) is 10.00 Å². The first-order valence-electron chi connectivity index (χ1n) is 19.7. The van der Waals surface area contributed by atoms with Gasteiger partial charge in [-0.1, -0.05) is 110 Å². The topological polar surface area (TPSA) is 112 Å². The van der Waals surface area contributed by atoms with Crippen LogP contribution in [0.5, 0.6) is 5.75 Å². The Bertz CT molecular complexity index is 2540. The van der Waals surface area contributed by atoms with Crippen LogP contribution in [0.4, 0.5) is 4.79 Å². The maximum absolute atomic E-state index is 13.8. The lowest BCUT2D eigenvalue weighted by Gasteiger charge is -2.35. The average molecular weight is 774 g/mol. The monoisotopic (exact) mass is 773 g/mol. The van der Waals surface area contributed by atoms with Crippen LogP contribution in [0.3, 0.4) is 0 Å². The minimum atomic E-state index is -0.930. The fourth-order valence-corrected chi connectivity index (χ4v) is 7.44. The zero-order valence-corrected chi connectivity index (χ0v) is 33.3. The number of nitrogens with zero attached hydrogens (tertiary/aromatic N) is 4. The molecule has 0 bridgehead atoms. The molecule has 3 heterocycles. The van der Waals surface area contributed by atoms with Crippen LogP contribution >= 0.6 is 0 Å². The first-order chi connectivity index (χ1) is 28.1. The number of hydrogen-bond donors (Lipinski definition) is 1. The first kappa shape index (κ1) is 38.2. The van der Waals surface area contributed by atoms with E-state index in [4.69, 9.17) is 24.3 Å². The molecule has 5 aromatic carbocycles. The van der Waals surface area contributed by atoms with Crippen molar-refractivity contribution in [1.29, 1.82) is 0 Å². The Morgan fingerprint density at radius 2 is 1.48 bits per heavy atom. The number of carbonyl (C=O) groups excluding carboxylic acids is 2. The van der Waals surface area contributed by atoms with Gasteiger partial charge in [0.25, 0.3) is 0 Å². The van der Waals surface area contributed by atoms with Gasteiger partial charge < -0.3 is 18.8 Å². The summed E-state index contributed by atoms with van der Waals surface area (Å²) < 4.78 is 19.9. The Kier molecular flexibility index (Phi) is 10.8. The van der Waals surface area contributed by atoms with Gasteiger partial charge in [0.2, 0.25) is 0 Å². The Hall–Kier alpha value is -6.68. The number of aryl methyl sites for hydroxylation is 1. The lowest BCUT2D eigenvalue weighted by Crippen LogP contribution is -2.51. The van der Waals surface area contributed by atoms with Crippen LogP contribution in [0, 0.1) is 0 Å². The van der Waals surface area contributed by atoms with E-state index in [-0.39, 0.29) is 19.6 Å². The molecular formula is C48H47N5O5. The first-order valence-corrected chi connectivity index (χ1v) is 19.7. The highest BCUT2D eigenvalue weighted by atomic mass is 16.6. The molecule has 1 aliphatic rings. The summed E-state index contributed by atoms with van der Waals surface area (Å²) in [4.78, 5) is 34.3. The molecule has 0 aliphatic carbocycles. The van der Waals surface area contributed by atoms with Crippen molar-refractivity contribution in [3.05, 3.63) is 161 Å². The second kappa shape index (κ2) is 16.4. The van der Waals surface area contributed by atoms with Crippen LogP contribution in [0.1, 0.15) is 61.3 Å². The largest absolute Gasteiger partial charge is 0.489 e. The molecule has 7 aromatic rings. The number of carbonyl (C=O) groups is 2. The molecule has 1 atom stereocenters. The number of esters is 1. The predicted molar refractivity (Wildman–Crippen MR) is 224 cm³/mol. The normalized spacial score (nSPS) is 13.9. The number of H-pyrrole nitrogens is 1. The second-order valence-corrected chi connectivity index (χ2v) is 15.6. The summed E-state index contributed by atoms with van der Waals surface area (Å²) >= 11 is 0. The van der Waals surface area contributed by atoms with Crippen LogP contribution < -0.4 is 4.74 Å². The summed E-state index contributed by atoms with van der Waals surface area (Å²) in [5.74, 6) is 0.962. The van der Waals surface area contributed by atoms with Crippen molar-refractivity contribution in [3.63, 3.8) is 0 Å². The lowest BCUT2D eigenvalue weighted by molar-refractivity contribution is -0.152. The van der Waals surface area contributed by atoms with Gasteiger partial charge in [0, 0.05) is 18.4 Å². The minimum Gasteiger partial charge on any atom is -0.489 e. The van der Waals surface area contributed by atoms with Crippen molar-refractivity contribution < 1.29 is 23.8 Å². The lowest BCUT2D eigenvalue weighted by atomic mass is 9.96. The van der Waals surface area contributed by atoms with Crippen molar-refractivity contribution >= 4 is 23.0 Å². The Labute approximate surface area is 338 Å². The van der Waals surface area contributed by atoms with E-state index in [0.29, 0.717) is 30.4 Å². The van der Waals surface area contributed by atoms with E-state index < -0.39 is 23.7 Å². The van der Waals surface area contributed by atoms with E-state index in [1.165, 1.54) is 10.5 Å². The zero-order chi connectivity index (χ0) is 40.2. The molecule has 0 saturated heterocycles. The molecule has 294 valence electrons. The van der Waals surface area contributed by atoms with Crippen LogP contribution in [-0.4, -0.2) is 48.4 Å². The molecule has 0 radical (unpaired) electrons. The molecule has 10 nitrogen and oxygen atoms in total. The number of aromatic amines is 1. The molecule has 2 aromatic heterocycles. The van der Waals surface area contributed by atoms with Crippen molar-refractivity contribution in [1.82, 2.24) is 24.6 Å². The number of amides is 1. The zero-order valence-electron chi connectivity index (χ0n) is 33.3. The van der Waals surface area contributed by atoms with E-state index in [9.17, 15) is 9.59 Å². The SMILES string of the molecule is CCc1cc(OCc2ccccc2)ccc1-c1ccc2c(-c3nc4c(n3Cc3ccccc3)CN(C(=O)OC(C)(C)C)[C@H](C(=O)OCc3ccccc3)C4)n[nH]c2c1. The van der Waals surface area contributed by atoms with E-state index in [0.717, 1.165) is 56.6 Å². The molecule has 8 rings (SSSR count). The summed E-state index contributed by atoms with van der Waals surface area (Å²) in [6.07, 6.45) is 0.413. The fourth-order valence-electron chi connectivity index (χ4n) is 7.44. The third kappa shape index (κ3) is 8.37. The third-order valence-electron chi connectivity index (χ3n) is 10.3. The fraction of sp³-hybridized carbons (Fsp3) is 0.250. The number of nitrogens with one attached hydrogen (secondary N) is 1. The standard InChI is InChI=1S/C48H47N5O5/c1-5-35-25-37(56-30-33-17-11-7-12-18-33)22-24-38(35)36-21-23-39-40(26-36)50-51-44(39)45-49-41-27-42(46(54)57-31-34-19-13-8-14-20-34)53(47(55)58-48(2,3)4)29-43(41)52(45)28-32-15-9-6-10-16-32/h6-26,42H,5,27-31H2,1-4H3,(H,50,51)/t42-/m0/s1. The van der Waals surface area contributed by atoms with Crippen LogP contribution in [0.2, 0.25) is 0 Å². The number of aromatic nitrogens is 4. The van der Waals surface area contributed by atoms with Crippen LogP contribution in [0.15, 0.2) is 127 Å². The summed E-state index contributed by atoms with van der Waals surface area (Å²) in [6.45, 7) is 8.78. The molecule has 0 unspecified atom stereocenters. The van der Waals surface area contributed by atoms with E-state index in [2.05, 4.69) is 71.2 Å². The molecule has 1 amide bonds.